The van der Waals surface area contributed by atoms with Crippen molar-refractivity contribution >= 4 is 17.6 Å². The summed E-state index contributed by atoms with van der Waals surface area (Å²) in [5, 5.41) is 0. The molecule has 0 radical (unpaired) electrons. The van der Waals surface area contributed by atoms with E-state index in [1.165, 1.54) is 44.9 Å². The van der Waals surface area contributed by atoms with Crippen molar-refractivity contribution in [3.05, 3.63) is 11.6 Å². The van der Waals surface area contributed by atoms with E-state index in [1.807, 2.05) is 0 Å². The van der Waals surface area contributed by atoms with Crippen LogP contribution in [0.5, 0.6) is 0 Å². The van der Waals surface area contributed by atoms with Gasteiger partial charge in [-0.1, -0.05) is 31.9 Å². The Morgan fingerprint density at radius 1 is 1.21 bits per heavy atom. The maximum atomic E-state index is 11.5. The average Bonchev–Trinajstić information content (AvgIpc) is 2.97. The maximum Gasteiger partial charge on any atom is 0.321 e. The second kappa shape index (κ2) is 6.04. The van der Waals surface area contributed by atoms with Crippen molar-refractivity contribution in [2.24, 2.45) is 28.6 Å². The van der Waals surface area contributed by atoms with E-state index in [4.69, 9.17) is 16.3 Å². The van der Waals surface area contributed by atoms with Crippen LogP contribution < -0.4 is 0 Å². The Morgan fingerprint density at radius 2 is 2.04 bits per heavy atom. The maximum absolute atomic E-state index is 11.5. The van der Waals surface area contributed by atoms with Crippen LogP contribution in [0.1, 0.15) is 71.6 Å². The van der Waals surface area contributed by atoms with Crippen LogP contribution >= 0.6 is 11.6 Å². The van der Waals surface area contributed by atoms with Gasteiger partial charge in [0.05, 0.1) is 0 Å². The number of fused-ring (bicyclic) bond motifs is 5. The number of carbonyl (C=O) groups excluding carboxylic acids is 1. The molecule has 24 heavy (non-hydrogen) atoms. The zero-order valence-corrected chi connectivity index (χ0v) is 15.9. The standard InChI is InChI=1S/C21H31ClO2/c1-20-9-3-4-17(20)16-6-5-14-12-15(24-19(23)13-22)7-11-21(14,2)18(16)8-10-20/h5,15-18H,3-4,6-13H2,1-2H3/t15-,16+,17+,18+,20+,21-/m0/s1. The molecule has 4 aliphatic carbocycles. The number of allylic oxidation sites excluding steroid dienone is 1. The second-order valence-electron chi connectivity index (χ2n) is 9.33. The number of carbonyl (C=O) groups is 1. The number of rotatable bonds is 2. The summed E-state index contributed by atoms with van der Waals surface area (Å²) in [5.74, 6) is 2.38. The van der Waals surface area contributed by atoms with Crippen molar-refractivity contribution in [1.29, 1.82) is 0 Å². The van der Waals surface area contributed by atoms with Gasteiger partial charge in [0.15, 0.2) is 0 Å². The van der Waals surface area contributed by atoms with E-state index in [1.54, 1.807) is 5.57 Å². The monoisotopic (exact) mass is 350 g/mol. The number of alkyl halides is 1. The summed E-state index contributed by atoms with van der Waals surface area (Å²) >= 11 is 5.60. The Labute approximate surface area is 151 Å². The number of ether oxygens (including phenoxy) is 1. The second-order valence-corrected chi connectivity index (χ2v) is 9.60. The van der Waals surface area contributed by atoms with Gasteiger partial charge in [0.2, 0.25) is 0 Å². The highest BCUT2D eigenvalue weighted by atomic mass is 35.5. The van der Waals surface area contributed by atoms with E-state index >= 15 is 0 Å². The molecule has 0 amide bonds. The van der Waals surface area contributed by atoms with Gasteiger partial charge in [-0.2, -0.15) is 0 Å². The molecule has 0 aliphatic heterocycles. The lowest BCUT2D eigenvalue weighted by molar-refractivity contribution is -0.148. The molecule has 0 aromatic rings. The summed E-state index contributed by atoms with van der Waals surface area (Å²) in [6.45, 7) is 5.07. The molecule has 2 nitrogen and oxygen atoms in total. The van der Waals surface area contributed by atoms with Crippen LogP contribution in [0.15, 0.2) is 11.6 Å². The zero-order chi connectivity index (χ0) is 16.9. The third kappa shape index (κ3) is 2.55. The Balaban J connectivity index is 1.55. The van der Waals surface area contributed by atoms with Gasteiger partial charge in [-0.25, -0.2) is 0 Å². The van der Waals surface area contributed by atoms with Gasteiger partial charge in [-0.3, -0.25) is 4.79 Å². The molecular formula is C21H31ClO2. The van der Waals surface area contributed by atoms with Crippen LogP contribution in [0.2, 0.25) is 0 Å². The van der Waals surface area contributed by atoms with Crippen LogP contribution in [-0.4, -0.2) is 18.0 Å². The fourth-order valence-corrected chi connectivity index (χ4v) is 7.00. The van der Waals surface area contributed by atoms with Gasteiger partial charge < -0.3 is 4.74 Å². The summed E-state index contributed by atoms with van der Waals surface area (Å²) in [4.78, 5) is 11.5. The first-order valence-electron chi connectivity index (χ1n) is 9.91. The van der Waals surface area contributed by atoms with Crippen molar-refractivity contribution in [2.45, 2.75) is 77.7 Å². The van der Waals surface area contributed by atoms with Crippen molar-refractivity contribution in [3.63, 3.8) is 0 Å². The molecule has 4 aliphatic rings. The predicted molar refractivity (Wildman–Crippen MR) is 96.9 cm³/mol. The number of esters is 1. The van der Waals surface area contributed by atoms with Gasteiger partial charge in [-0.15, -0.1) is 11.6 Å². The van der Waals surface area contributed by atoms with Crippen molar-refractivity contribution < 1.29 is 9.53 Å². The van der Waals surface area contributed by atoms with Crippen LogP contribution in [0.25, 0.3) is 0 Å². The molecule has 134 valence electrons. The van der Waals surface area contributed by atoms with Gasteiger partial charge in [-0.05, 0) is 73.5 Å². The van der Waals surface area contributed by atoms with E-state index in [9.17, 15) is 4.79 Å². The minimum absolute atomic E-state index is 0.0300. The highest BCUT2D eigenvalue weighted by Crippen LogP contribution is 2.64. The molecule has 4 rings (SSSR count). The van der Waals surface area contributed by atoms with Gasteiger partial charge in [0.1, 0.15) is 12.0 Å². The Kier molecular flexibility index (Phi) is 4.26. The zero-order valence-electron chi connectivity index (χ0n) is 15.2. The lowest BCUT2D eigenvalue weighted by Gasteiger charge is -2.57. The largest absolute Gasteiger partial charge is 0.461 e. The van der Waals surface area contributed by atoms with Crippen molar-refractivity contribution in [1.82, 2.24) is 0 Å². The quantitative estimate of drug-likeness (QED) is 0.374. The predicted octanol–water partition coefficient (Wildman–Crippen LogP) is 5.49. The Hall–Kier alpha value is -0.500. The topological polar surface area (TPSA) is 26.3 Å². The summed E-state index contributed by atoms with van der Waals surface area (Å²) in [6, 6.07) is 0. The lowest BCUT2D eigenvalue weighted by Crippen LogP contribution is -2.49. The molecule has 0 saturated heterocycles. The molecule has 3 heteroatoms. The first-order chi connectivity index (χ1) is 11.5. The molecule has 3 fully saturated rings. The van der Waals surface area contributed by atoms with Crippen molar-refractivity contribution in [3.8, 4) is 0 Å². The summed E-state index contributed by atoms with van der Waals surface area (Å²) in [5.41, 5.74) is 2.54. The average molecular weight is 351 g/mol. The van der Waals surface area contributed by atoms with E-state index < -0.39 is 0 Å². The Bertz CT molecular complexity index is 556. The van der Waals surface area contributed by atoms with E-state index in [-0.39, 0.29) is 18.0 Å². The summed E-state index contributed by atoms with van der Waals surface area (Å²) < 4.78 is 5.54. The van der Waals surface area contributed by atoms with Crippen LogP contribution in [0, 0.1) is 28.6 Å². The fraction of sp³-hybridized carbons (Fsp3) is 0.857. The molecule has 3 saturated carbocycles. The fourth-order valence-electron chi connectivity index (χ4n) is 6.94. The third-order valence-corrected chi connectivity index (χ3v) is 8.47. The molecule has 0 N–H and O–H groups in total. The van der Waals surface area contributed by atoms with Crippen molar-refractivity contribution in [2.75, 3.05) is 5.88 Å². The van der Waals surface area contributed by atoms with Gasteiger partial charge in [0.25, 0.3) is 0 Å². The third-order valence-electron chi connectivity index (χ3n) is 8.25. The molecular weight excluding hydrogens is 320 g/mol. The van der Waals surface area contributed by atoms with E-state index in [0.29, 0.717) is 10.8 Å². The first kappa shape index (κ1) is 16.9. The molecule has 0 unspecified atom stereocenters. The lowest BCUT2D eigenvalue weighted by atomic mass is 9.48. The molecule has 0 aromatic carbocycles. The minimum atomic E-state index is -0.265. The highest BCUT2D eigenvalue weighted by Gasteiger charge is 2.55. The normalized spacial score (nSPS) is 47.2. The molecule has 0 bridgehead atoms. The summed E-state index contributed by atoms with van der Waals surface area (Å²) in [7, 11) is 0. The van der Waals surface area contributed by atoms with E-state index in [0.717, 1.165) is 30.6 Å². The van der Waals surface area contributed by atoms with Crippen LogP contribution in [0.4, 0.5) is 0 Å². The van der Waals surface area contributed by atoms with Gasteiger partial charge in [0, 0.05) is 6.42 Å². The molecule has 0 aromatic heterocycles. The molecule has 0 heterocycles. The SMILES string of the molecule is C[C@]12CCC[C@@H]1[C@H]1CC=C3C[C@@H](OC(=O)CCl)CC[C@]3(C)[C@@H]1CC2. The first-order valence-corrected chi connectivity index (χ1v) is 10.4. The van der Waals surface area contributed by atoms with Gasteiger partial charge >= 0.3 is 5.97 Å². The molecule has 6 atom stereocenters. The van der Waals surface area contributed by atoms with Crippen LogP contribution in [0.3, 0.4) is 0 Å². The minimum Gasteiger partial charge on any atom is -0.461 e. The number of hydrogen-bond donors (Lipinski definition) is 0. The number of hydrogen-bond acceptors (Lipinski definition) is 2. The summed E-state index contributed by atoms with van der Waals surface area (Å²) in [6.07, 6.45) is 14.1. The highest BCUT2D eigenvalue weighted by molar-refractivity contribution is 6.26. The van der Waals surface area contributed by atoms with Crippen LogP contribution in [-0.2, 0) is 9.53 Å². The number of halogens is 1. The Morgan fingerprint density at radius 3 is 2.83 bits per heavy atom. The smallest absolute Gasteiger partial charge is 0.321 e. The van der Waals surface area contributed by atoms with E-state index in [2.05, 4.69) is 19.9 Å². The molecule has 0 spiro atoms.